The van der Waals surface area contributed by atoms with Crippen LogP contribution in [0.3, 0.4) is 0 Å². The number of carbonyl (C=O) groups is 1. The topological polar surface area (TPSA) is 69.0 Å². The van der Waals surface area contributed by atoms with Gasteiger partial charge in [0, 0.05) is 46.8 Å². The van der Waals surface area contributed by atoms with Gasteiger partial charge in [-0.2, -0.15) is 0 Å². The van der Waals surface area contributed by atoms with Gasteiger partial charge in [0.1, 0.15) is 5.75 Å². The maximum absolute atomic E-state index is 12.6. The molecule has 4 aromatic rings. The van der Waals surface area contributed by atoms with E-state index in [0.29, 0.717) is 17.0 Å². The molecule has 0 aliphatic heterocycles. The Balaban J connectivity index is 1.46. The molecule has 0 atom stereocenters. The van der Waals surface area contributed by atoms with Crippen LogP contribution in [-0.2, 0) is 0 Å². The van der Waals surface area contributed by atoms with Crippen molar-refractivity contribution in [2.24, 2.45) is 0 Å². The van der Waals surface area contributed by atoms with E-state index < -0.39 is 0 Å². The van der Waals surface area contributed by atoms with Gasteiger partial charge in [-0.1, -0.05) is 6.07 Å². The summed E-state index contributed by atoms with van der Waals surface area (Å²) < 4.78 is 7.73. The summed E-state index contributed by atoms with van der Waals surface area (Å²) in [6.45, 7) is 3.78. The number of carbonyl (C=O) groups excluding carboxylic acids is 1. The molecule has 2 aromatic carbocycles. The zero-order valence-corrected chi connectivity index (χ0v) is 16.2. The molecule has 29 heavy (non-hydrogen) atoms. The summed E-state index contributed by atoms with van der Waals surface area (Å²) in [6.07, 6.45) is 3.92. The number of rotatable bonds is 5. The lowest BCUT2D eigenvalue weighted by Crippen LogP contribution is -2.11. The Morgan fingerprint density at radius 3 is 2.28 bits per heavy atom. The van der Waals surface area contributed by atoms with Crippen molar-refractivity contribution >= 4 is 11.6 Å². The van der Waals surface area contributed by atoms with Gasteiger partial charge in [-0.3, -0.25) is 4.79 Å². The third-order valence-electron chi connectivity index (χ3n) is 4.29. The predicted octanol–water partition coefficient (Wildman–Crippen LogP) is 4.93. The molecule has 0 saturated carbocycles. The summed E-state index contributed by atoms with van der Waals surface area (Å²) in [4.78, 5) is 21.1. The predicted molar refractivity (Wildman–Crippen MR) is 112 cm³/mol. The first-order valence-corrected chi connectivity index (χ1v) is 9.22. The van der Waals surface area contributed by atoms with E-state index >= 15 is 0 Å². The number of anilines is 1. The minimum absolute atomic E-state index is 0.191. The summed E-state index contributed by atoms with van der Waals surface area (Å²) in [5.74, 6) is 0.361. The molecule has 0 fully saturated rings. The number of aromatic nitrogens is 3. The number of nitrogens with one attached hydrogen (secondary N) is 1. The quantitative estimate of drug-likeness (QED) is 0.530. The molecule has 1 N–H and O–H groups in total. The van der Waals surface area contributed by atoms with Crippen molar-refractivity contribution in [2.75, 3.05) is 5.32 Å². The van der Waals surface area contributed by atoms with E-state index in [1.807, 2.05) is 67.2 Å². The molecular formula is C23H20N4O2. The number of nitrogens with zero attached hydrogens (tertiary/aromatic N) is 3. The highest BCUT2D eigenvalue weighted by Gasteiger charge is 2.08. The Labute approximate surface area is 168 Å². The minimum Gasteiger partial charge on any atom is -0.424 e. The zero-order chi connectivity index (χ0) is 20.2. The number of aryl methyl sites for hydroxylation is 2. The number of hydrogen-bond donors (Lipinski definition) is 1. The lowest BCUT2D eigenvalue weighted by Gasteiger charge is -2.09. The molecule has 1 amide bonds. The van der Waals surface area contributed by atoms with E-state index in [0.717, 1.165) is 17.1 Å². The molecule has 2 heterocycles. The van der Waals surface area contributed by atoms with Gasteiger partial charge in [0.15, 0.2) is 0 Å². The van der Waals surface area contributed by atoms with Gasteiger partial charge in [-0.15, -0.1) is 0 Å². The zero-order valence-electron chi connectivity index (χ0n) is 16.2. The Morgan fingerprint density at radius 2 is 1.59 bits per heavy atom. The van der Waals surface area contributed by atoms with E-state index in [4.69, 9.17) is 4.74 Å². The van der Waals surface area contributed by atoms with Crippen LogP contribution in [0.25, 0.3) is 5.69 Å². The number of benzene rings is 2. The molecule has 6 heteroatoms. The third-order valence-corrected chi connectivity index (χ3v) is 4.29. The van der Waals surface area contributed by atoms with Crippen LogP contribution in [0, 0.1) is 13.8 Å². The maximum Gasteiger partial charge on any atom is 0.322 e. The normalized spacial score (nSPS) is 10.6. The molecule has 0 aliphatic carbocycles. The molecular weight excluding hydrogens is 364 g/mol. The molecule has 2 aromatic heterocycles. The lowest BCUT2D eigenvalue weighted by molar-refractivity contribution is 0.102. The van der Waals surface area contributed by atoms with E-state index in [1.165, 1.54) is 0 Å². The largest absolute Gasteiger partial charge is 0.424 e. The average molecular weight is 384 g/mol. The Hall–Kier alpha value is -3.93. The highest BCUT2D eigenvalue weighted by molar-refractivity contribution is 6.04. The van der Waals surface area contributed by atoms with Gasteiger partial charge in [0.05, 0.1) is 0 Å². The molecule has 0 saturated heterocycles. The minimum atomic E-state index is -0.191. The summed E-state index contributed by atoms with van der Waals surface area (Å²) in [7, 11) is 0. The van der Waals surface area contributed by atoms with Crippen LogP contribution in [0.4, 0.5) is 5.69 Å². The molecule has 0 bridgehead atoms. The van der Waals surface area contributed by atoms with Gasteiger partial charge in [0.2, 0.25) is 0 Å². The second kappa shape index (κ2) is 7.98. The smallest absolute Gasteiger partial charge is 0.322 e. The van der Waals surface area contributed by atoms with Crippen LogP contribution >= 0.6 is 0 Å². The van der Waals surface area contributed by atoms with Crippen molar-refractivity contribution in [1.82, 2.24) is 14.5 Å². The highest BCUT2D eigenvalue weighted by Crippen LogP contribution is 2.23. The first-order valence-electron chi connectivity index (χ1n) is 9.22. The summed E-state index contributed by atoms with van der Waals surface area (Å²) >= 11 is 0. The SMILES string of the molecule is Cc1cc(C)nc(Oc2cccc(NC(=O)c3ccc(-n4cccc4)cc3)c2)n1. The molecule has 144 valence electrons. The van der Waals surface area contributed by atoms with Crippen LogP contribution < -0.4 is 10.1 Å². The van der Waals surface area contributed by atoms with Crippen LogP contribution in [0.5, 0.6) is 11.8 Å². The molecule has 6 nitrogen and oxygen atoms in total. The second-order valence-electron chi connectivity index (χ2n) is 6.65. The van der Waals surface area contributed by atoms with E-state index in [9.17, 15) is 4.79 Å². The summed E-state index contributed by atoms with van der Waals surface area (Å²) in [5, 5.41) is 2.89. The van der Waals surface area contributed by atoms with Crippen LogP contribution in [0.2, 0.25) is 0 Å². The maximum atomic E-state index is 12.6. The van der Waals surface area contributed by atoms with Gasteiger partial charge in [-0.25, -0.2) is 9.97 Å². The number of ether oxygens (including phenoxy) is 1. The molecule has 0 radical (unpaired) electrons. The molecule has 0 spiro atoms. The van der Waals surface area contributed by atoms with Gasteiger partial charge in [0.25, 0.3) is 5.91 Å². The Kier molecular flexibility index (Phi) is 5.07. The van der Waals surface area contributed by atoms with Crippen LogP contribution in [0.15, 0.2) is 79.1 Å². The monoisotopic (exact) mass is 384 g/mol. The number of amides is 1. The van der Waals surface area contributed by atoms with Crippen molar-refractivity contribution in [3.63, 3.8) is 0 Å². The van der Waals surface area contributed by atoms with Crippen LogP contribution in [0.1, 0.15) is 21.7 Å². The fraction of sp³-hybridized carbons (Fsp3) is 0.0870. The standard InChI is InChI=1S/C23H20N4O2/c1-16-14-17(2)25-23(24-16)29-21-7-5-6-19(15-21)26-22(28)18-8-10-20(11-9-18)27-12-3-4-13-27/h3-15H,1-2H3,(H,26,28). The first kappa shape index (κ1) is 18.4. The Bertz CT molecular complexity index is 1120. The van der Waals surface area contributed by atoms with Gasteiger partial charge >= 0.3 is 6.01 Å². The average Bonchev–Trinajstić information content (AvgIpc) is 3.22. The molecule has 0 aliphatic rings. The Morgan fingerprint density at radius 1 is 0.897 bits per heavy atom. The summed E-state index contributed by atoms with van der Waals surface area (Å²) in [6, 6.07) is 20.6. The van der Waals surface area contributed by atoms with Crippen molar-refractivity contribution in [1.29, 1.82) is 0 Å². The second-order valence-corrected chi connectivity index (χ2v) is 6.65. The van der Waals surface area contributed by atoms with Crippen LogP contribution in [-0.4, -0.2) is 20.4 Å². The van der Waals surface area contributed by atoms with Crippen molar-refractivity contribution < 1.29 is 9.53 Å². The van der Waals surface area contributed by atoms with Crippen molar-refractivity contribution in [3.8, 4) is 17.4 Å². The van der Waals surface area contributed by atoms with E-state index in [-0.39, 0.29) is 11.9 Å². The lowest BCUT2D eigenvalue weighted by atomic mass is 10.2. The van der Waals surface area contributed by atoms with Gasteiger partial charge < -0.3 is 14.6 Å². The van der Waals surface area contributed by atoms with E-state index in [2.05, 4.69) is 15.3 Å². The summed E-state index contributed by atoms with van der Waals surface area (Å²) in [5.41, 5.74) is 3.87. The van der Waals surface area contributed by atoms with Gasteiger partial charge in [-0.05, 0) is 68.4 Å². The highest BCUT2D eigenvalue weighted by atomic mass is 16.5. The fourth-order valence-electron chi connectivity index (χ4n) is 2.98. The van der Waals surface area contributed by atoms with E-state index in [1.54, 1.807) is 30.3 Å². The molecule has 0 unspecified atom stereocenters. The fourth-order valence-corrected chi connectivity index (χ4v) is 2.98. The number of hydrogen-bond acceptors (Lipinski definition) is 4. The van der Waals surface area contributed by atoms with Crippen molar-refractivity contribution in [2.45, 2.75) is 13.8 Å². The first-order chi connectivity index (χ1) is 14.1. The third kappa shape index (κ3) is 4.50. The van der Waals surface area contributed by atoms with Crippen molar-refractivity contribution in [3.05, 3.63) is 96.1 Å². The molecule has 4 rings (SSSR count).